The lowest BCUT2D eigenvalue weighted by atomic mass is 10.1. The molecule has 0 radical (unpaired) electrons. The van der Waals surface area contributed by atoms with Crippen LogP contribution in [0.25, 0.3) is 0 Å². The first kappa shape index (κ1) is 17.1. The van der Waals surface area contributed by atoms with Crippen molar-refractivity contribution in [2.24, 2.45) is 0 Å². The van der Waals surface area contributed by atoms with Crippen LogP contribution in [0.4, 0.5) is 10.1 Å². The number of anilines is 1. The molecule has 1 aromatic carbocycles. The molecule has 0 N–H and O–H groups in total. The van der Waals surface area contributed by atoms with Crippen LogP contribution < -0.4 is 4.90 Å². The number of halogens is 2. The van der Waals surface area contributed by atoms with Gasteiger partial charge in [0.25, 0.3) is 0 Å². The largest absolute Gasteiger partial charge is 0.383 e. The molecule has 9 heteroatoms. The summed E-state index contributed by atoms with van der Waals surface area (Å²) in [7, 11) is -1.59. The Morgan fingerprint density at radius 3 is 2.74 bits per heavy atom. The summed E-state index contributed by atoms with van der Waals surface area (Å²) < 4.78 is 44.2. The molecule has 2 aliphatic heterocycles. The second-order valence-corrected chi connectivity index (χ2v) is 9.08. The summed E-state index contributed by atoms with van der Waals surface area (Å²) in [4.78, 5) is 3.48. The van der Waals surface area contributed by atoms with Crippen molar-refractivity contribution >= 4 is 48.8 Å². The van der Waals surface area contributed by atoms with Crippen LogP contribution in [0.3, 0.4) is 0 Å². The van der Waals surface area contributed by atoms with Crippen molar-refractivity contribution in [2.45, 2.75) is 12.1 Å². The number of benzene rings is 1. The maximum Gasteiger partial charge on any atom is 0.176 e. The van der Waals surface area contributed by atoms with Gasteiger partial charge in [-0.25, -0.2) is 12.8 Å². The molecule has 5 nitrogen and oxygen atoms in total. The molecular formula is C14H16BrFN2O3S2. The normalized spacial score (nSPS) is 26.0. The number of sulfone groups is 1. The molecule has 0 saturated carbocycles. The summed E-state index contributed by atoms with van der Waals surface area (Å²) in [5.74, 6) is -0.411. The zero-order valence-electron chi connectivity index (χ0n) is 12.4. The molecule has 0 unspecified atom stereocenters. The summed E-state index contributed by atoms with van der Waals surface area (Å²) >= 11 is 8.73. The minimum Gasteiger partial charge on any atom is -0.383 e. The Bertz CT molecular complexity index is 744. The first-order valence-corrected chi connectivity index (χ1v) is 10.1. The molecule has 2 atom stereocenters. The van der Waals surface area contributed by atoms with Gasteiger partial charge in [0, 0.05) is 18.1 Å². The zero-order valence-corrected chi connectivity index (χ0v) is 15.6. The Balaban J connectivity index is 2.00. The highest BCUT2D eigenvalue weighted by Crippen LogP contribution is 2.36. The number of nitrogens with zero attached hydrogens (tertiary/aromatic N) is 2. The first-order valence-electron chi connectivity index (χ1n) is 7.08. The Labute approximate surface area is 148 Å². The van der Waals surface area contributed by atoms with Gasteiger partial charge >= 0.3 is 0 Å². The molecule has 2 heterocycles. The second kappa shape index (κ2) is 6.27. The van der Waals surface area contributed by atoms with Crippen molar-refractivity contribution in [3.63, 3.8) is 0 Å². The molecular weight excluding hydrogens is 407 g/mol. The minimum atomic E-state index is -3.16. The van der Waals surface area contributed by atoms with E-state index >= 15 is 0 Å². The van der Waals surface area contributed by atoms with E-state index in [-0.39, 0.29) is 23.6 Å². The van der Waals surface area contributed by atoms with Crippen molar-refractivity contribution in [1.82, 2.24) is 4.90 Å². The first-order chi connectivity index (χ1) is 10.8. The van der Waals surface area contributed by atoms with E-state index in [9.17, 15) is 12.8 Å². The smallest absolute Gasteiger partial charge is 0.176 e. The van der Waals surface area contributed by atoms with Gasteiger partial charge in [-0.1, -0.05) is 15.9 Å². The second-order valence-electron chi connectivity index (χ2n) is 5.65. The standard InChI is InChI=1S/C14H16BrFN2O3S2/c1-21-5-4-17-12-7-23(19,20)8-13(12)18(14(17)22)11-3-2-9(15)6-10(11)16/h2-3,6,12-13H,4-5,7-8H2,1H3/t12-,13-/m1/s1. The highest BCUT2D eigenvalue weighted by Gasteiger charge is 2.52. The molecule has 23 heavy (non-hydrogen) atoms. The SMILES string of the molecule is COCCN1C(=S)N(c2ccc(Br)cc2F)[C@@H]2CS(=O)(=O)C[C@H]21. The highest BCUT2D eigenvalue weighted by molar-refractivity contribution is 9.10. The van der Waals surface area contributed by atoms with Crippen LogP contribution in [0.15, 0.2) is 22.7 Å². The van der Waals surface area contributed by atoms with E-state index in [4.69, 9.17) is 17.0 Å². The van der Waals surface area contributed by atoms with Crippen molar-refractivity contribution in [3.05, 3.63) is 28.5 Å². The van der Waals surface area contributed by atoms with Crippen LogP contribution in [0, 0.1) is 5.82 Å². The van der Waals surface area contributed by atoms with Crippen LogP contribution in [-0.4, -0.2) is 62.3 Å². The Morgan fingerprint density at radius 2 is 2.09 bits per heavy atom. The van der Waals surface area contributed by atoms with E-state index in [0.29, 0.717) is 28.4 Å². The van der Waals surface area contributed by atoms with Crippen LogP contribution in [-0.2, 0) is 14.6 Å². The molecule has 2 saturated heterocycles. The van der Waals surface area contributed by atoms with Crippen LogP contribution in [0.2, 0.25) is 0 Å². The molecule has 0 amide bonds. The van der Waals surface area contributed by atoms with Crippen molar-refractivity contribution in [2.75, 3.05) is 36.7 Å². The van der Waals surface area contributed by atoms with E-state index in [1.165, 1.54) is 6.07 Å². The molecule has 0 spiro atoms. The fourth-order valence-electron chi connectivity index (χ4n) is 3.19. The fourth-order valence-corrected chi connectivity index (χ4v) is 5.93. The van der Waals surface area contributed by atoms with Gasteiger partial charge < -0.3 is 14.5 Å². The summed E-state index contributed by atoms with van der Waals surface area (Å²) in [5.41, 5.74) is 0.310. The summed E-state index contributed by atoms with van der Waals surface area (Å²) in [6.45, 7) is 0.917. The van der Waals surface area contributed by atoms with Gasteiger partial charge in [0.15, 0.2) is 14.9 Å². The third-order valence-electron chi connectivity index (χ3n) is 4.18. The lowest BCUT2D eigenvalue weighted by Gasteiger charge is -2.25. The third-order valence-corrected chi connectivity index (χ3v) is 6.81. The van der Waals surface area contributed by atoms with Gasteiger partial charge in [0.05, 0.1) is 35.9 Å². The predicted molar refractivity (Wildman–Crippen MR) is 94.0 cm³/mol. The summed E-state index contributed by atoms with van der Waals surface area (Å²) in [6, 6.07) is 4.07. The average Bonchev–Trinajstić information content (AvgIpc) is 2.88. The Kier molecular flexibility index (Phi) is 4.65. The van der Waals surface area contributed by atoms with E-state index in [2.05, 4.69) is 15.9 Å². The molecule has 1 aromatic rings. The van der Waals surface area contributed by atoms with Gasteiger partial charge in [-0.3, -0.25) is 0 Å². The fraction of sp³-hybridized carbons (Fsp3) is 0.500. The van der Waals surface area contributed by atoms with Gasteiger partial charge in [-0.15, -0.1) is 0 Å². The lowest BCUT2D eigenvalue weighted by molar-refractivity contribution is 0.169. The predicted octanol–water partition coefficient (Wildman–Crippen LogP) is 1.81. The number of methoxy groups -OCH3 is 1. The van der Waals surface area contributed by atoms with Gasteiger partial charge in [0.2, 0.25) is 0 Å². The van der Waals surface area contributed by atoms with Crippen molar-refractivity contribution in [1.29, 1.82) is 0 Å². The van der Waals surface area contributed by atoms with Crippen LogP contribution in [0.1, 0.15) is 0 Å². The maximum atomic E-state index is 14.4. The topological polar surface area (TPSA) is 49.9 Å². The molecule has 2 aliphatic rings. The monoisotopic (exact) mass is 422 g/mol. The Morgan fingerprint density at radius 1 is 1.39 bits per heavy atom. The van der Waals surface area contributed by atoms with Crippen molar-refractivity contribution < 1.29 is 17.5 Å². The number of hydrogen-bond acceptors (Lipinski definition) is 4. The summed E-state index contributed by atoms with van der Waals surface area (Å²) in [6.07, 6.45) is 0. The quantitative estimate of drug-likeness (QED) is 0.689. The average molecular weight is 423 g/mol. The molecule has 126 valence electrons. The van der Waals surface area contributed by atoms with Gasteiger partial charge in [-0.2, -0.15) is 0 Å². The third kappa shape index (κ3) is 3.11. The van der Waals surface area contributed by atoms with Gasteiger partial charge in [-0.05, 0) is 30.4 Å². The molecule has 0 bridgehead atoms. The maximum absolute atomic E-state index is 14.4. The van der Waals surface area contributed by atoms with E-state index in [0.717, 1.165) is 0 Å². The van der Waals surface area contributed by atoms with Gasteiger partial charge in [0.1, 0.15) is 5.82 Å². The number of rotatable bonds is 4. The lowest BCUT2D eigenvalue weighted by Crippen LogP contribution is -2.39. The van der Waals surface area contributed by atoms with Crippen LogP contribution >= 0.6 is 28.1 Å². The molecule has 0 aromatic heterocycles. The number of fused-ring (bicyclic) bond motifs is 1. The number of hydrogen-bond donors (Lipinski definition) is 0. The summed E-state index contributed by atoms with van der Waals surface area (Å²) in [5, 5.41) is 0.452. The highest BCUT2D eigenvalue weighted by atomic mass is 79.9. The van der Waals surface area contributed by atoms with E-state index < -0.39 is 15.7 Å². The molecule has 3 rings (SSSR count). The number of thiocarbonyl (C=S) groups is 1. The van der Waals surface area contributed by atoms with E-state index in [1.807, 2.05) is 4.90 Å². The number of ether oxygens (including phenoxy) is 1. The Hall–Kier alpha value is -0.770. The zero-order chi connectivity index (χ0) is 16.8. The molecule has 2 fully saturated rings. The van der Waals surface area contributed by atoms with Crippen LogP contribution in [0.5, 0.6) is 0 Å². The molecule has 0 aliphatic carbocycles. The minimum absolute atomic E-state index is 0.0171. The van der Waals surface area contributed by atoms with E-state index in [1.54, 1.807) is 24.1 Å². The van der Waals surface area contributed by atoms with Crippen molar-refractivity contribution in [3.8, 4) is 0 Å².